The highest BCUT2D eigenvalue weighted by Crippen LogP contribution is 2.19. The van der Waals surface area contributed by atoms with E-state index in [1.54, 1.807) is 0 Å². The maximum absolute atomic E-state index is 5.59. The van der Waals surface area contributed by atoms with Crippen LogP contribution in [0.5, 0.6) is 0 Å². The monoisotopic (exact) mass is 197 g/mol. The van der Waals surface area contributed by atoms with E-state index in [1.165, 1.54) is 0 Å². The van der Waals surface area contributed by atoms with Gasteiger partial charge >= 0.3 is 0 Å². The Balaban J connectivity index is 0.000000461. The first-order chi connectivity index (χ1) is 6.86. The van der Waals surface area contributed by atoms with E-state index < -0.39 is 0 Å². The second-order valence-electron chi connectivity index (χ2n) is 3.15. The Kier molecular flexibility index (Phi) is 4.62. The van der Waals surface area contributed by atoms with Crippen LogP contribution in [-0.2, 0) is 4.74 Å². The van der Waals surface area contributed by atoms with E-state index in [4.69, 9.17) is 4.74 Å². The molecule has 1 fully saturated rings. The lowest BCUT2D eigenvalue weighted by atomic mass is 10.2. The van der Waals surface area contributed by atoms with Gasteiger partial charge in [-0.25, -0.2) is 0 Å². The number of aromatic nitrogens is 2. The number of likely N-dealkylation sites (N-methyl/N-ethyl adjacent to an activating group) is 1. The molecule has 2 heterocycles. The van der Waals surface area contributed by atoms with Gasteiger partial charge in [0.1, 0.15) is 0 Å². The molecular formula is C10H19N3O. The van der Waals surface area contributed by atoms with Crippen molar-refractivity contribution >= 4 is 0 Å². The van der Waals surface area contributed by atoms with Gasteiger partial charge < -0.3 is 9.64 Å². The van der Waals surface area contributed by atoms with Crippen LogP contribution in [0.3, 0.4) is 0 Å². The molecule has 1 saturated heterocycles. The van der Waals surface area contributed by atoms with E-state index in [-0.39, 0.29) is 6.10 Å². The summed E-state index contributed by atoms with van der Waals surface area (Å²) in [5.41, 5.74) is 1.14. The highest BCUT2D eigenvalue weighted by atomic mass is 16.5. The highest BCUT2D eigenvalue weighted by Gasteiger charge is 2.19. The fourth-order valence-corrected chi connectivity index (χ4v) is 1.42. The summed E-state index contributed by atoms with van der Waals surface area (Å²) in [6.07, 6.45) is 3.91. The van der Waals surface area contributed by atoms with Crippen molar-refractivity contribution in [2.45, 2.75) is 20.0 Å². The Labute approximate surface area is 85.3 Å². The van der Waals surface area contributed by atoms with Crippen molar-refractivity contribution in [2.75, 3.05) is 26.7 Å². The Morgan fingerprint density at radius 2 is 2.36 bits per heavy atom. The molecule has 0 saturated carbocycles. The van der Waals surface area contributed by atoms with Crippen molar-refractivity contribution in [1.82, 2.24) is 15.1 Å². The molecule has 1 N–H and O–H groups in total. The standard InChI is InChI=1S/C8H13N3O.C2H6/c1-11-2-3-12-8(6-11)7-4-9-10-5-7;1-2/h4-5,8H,2-3,6H2,1H3,(H,9,10);1-2H3. The first kappa shape index (κ1) is 11.2. The maximum atomic E-state index is 5.59. The minimum atomic E-state index is 0.197. The predicted molar refractivity (Wildman–Crippen MR) is 56.1 cm³/mol. The summed E-state index contributed by atoms with van der Waals surface area (Å²) in [5, 5.41) is 6.69. The van der Waals surface area contributed by atoms with Crippen LogP contribution < -0.4 is 0 Å². The van der Waals surface area contributed by atoms with Gasteiger partial charge in [0.05, 0.1) is 18.9 Å². The summed E-state index contributed by atoms with van der Waals surface area (Å²) in [5.74, 6) is 0. The van der Waals surface area contributed by atoms with E-state index >= 15 is 0 Å². The second kappa shape index (κ2) is 5.78. The fraction of sp³-hybridized carbons (Fsp3) is 0.700. The van der Waals surface area contributed by atoms with Gasteiger partial charge in [-0.1, -0.05) is 13.8 Å². The first-order valence-corrected chi connectivity index (χ1v) is 5.15. The molecule has 0 spiro atoms. The third-order valence-corrected chi connectivity index (χ3v) is 2.16. The average molecular weight is 197 g/mol. The Morgan fingerprint density at radius 1 is 1.57 bits per heavy atom. The molecule has 4 nitrogen and oxygen atoms in total. The maximum Gasteiger partial charge on any atom is 0.0982 e. The summed E-state index contributed by atoms with van der Waals surface area (Å²) in [6.45, 7) is 6.79. The van der Waals surface area contributed by atoms with E-state index in [0.29, 0.717) is 0 Å². The minimum absolute atomic E-state index is 0.197. The van der Waals surface area contributed by atoms with Crippen LogP contribution in [0.2, 0.25) is 0 Å². The molecule has 2 rings (SSSR count). The molecular weight excluding hydrogens is 178 g/mol. The van der Waals surface area contributed by atoms with Gasteiger partial charge in [-0.3, -0.25) is 5.10 Å². The quantitative estimate of drug-likeness (QED) is 0.740. The molecule has 0 radical (unpaired) electrons. The Hall–Kier alpha value is -0.870. The average Bonchev–Trinajstić information content (AvgIpc) is 2.74. The topological polar surface area (TPSA) is 41.1 Å². The number of H-pyrrole nitrogens is 1. The van der Waals surface area contributed by atoms with Crippen molar-refractivity contribution in [3.05, 3.63) is 18.0 Å². The van der Waals surface area contributed by atoms with Crippen LogP contribution in [0.4, 0.5) is 0 Å². The summed E-state index contributed by atoms with van der Waals surface area (Å²) >= 11 is 0. The predicted octanol–water partition coefficient (Wildman–Crippen LogP) is 1.44. The van der Waals surface area contributed by atoms with Gasteiger partial charge in [-0.05, 0) is 7.05 Å². The molecule has 80 valence electrons. The number of nitrogens with one attached hydrogen (secondary N) is 1. The number of hydrogen-bond donors (Lipinski definition) is 1. The summed E-state index contributed by atoms with van der Waals surface area (Å²) < 4.78 is 5.59. The lowest BCUT2D eigenvalue weighted by Gasteiger charge is -2.29. The number of aromatic amines is 1. The van der Waals surface area contributed by atoms with E-state index in [9.17, 15) is 0 Å². The van der Waals surface area contributed by atoms with Gasteiger partial charge in [0.15, 0.2) is 0 Å². The molecule has 1 aliphatic heterocycles. The first-order valence-electron chi connectivity index (χ1n) is 5.15. The van der Waals surface area contributed by atoms with Gasteiger partial charge in [-0.15, -0.1) is 0 Å². The smallest absolute Gasteiger partial charge is 0.0982 e. The lowest BCUT2D eigenvalue weighted by molar-refractivity contribution is -0.0208. The summed E-state index contributed by atoms with van der Waals surface area (Å²) in [7, 11) is 2.11. The Bertz CT molecular complexity index is 236. The van der Waals surface area contributed by atoms with E-state index in [1.807, 2.05) is 26.2 Å². The number of ether oxygens (including phenoxy) is 1. The molecule has 0 amide bonds. The molecule has 1 aromatic heterocycles. The van der Waals surface area contributed by atoms with Gasteiger partial charge in [-0.2, -0.15) is 5.10 Å². The van der Waals surface area contributed by atoms with Gasteiger partial charge in [0, 0.05) is 24.8 Å². The summed E-state index contributed by atoms with van der Waals surface area (Å²) in [4.78, 5) is 2.27. The molecule has 1 unspecified atom stereocenters. The van der Waals surface area contributed by atoms with Crippen LogP contribution >= 0.6 is 0 Å². The zero-order chi connectivity index (χ0) is 10.4. The SMILES string of the molecule is CC.CN1CCOC(c2cn[nH]c2)C1. The number of morpholine rings is 1. The molecule has 0 bridgehead atoms. The van der Waals surface area contributed by atoms with E-state index in [2.05, 4.69) is 22.1 Å². The lowest BCUT2D eigenvalue weighted by Crippen LogP contribution is -2.35. The number of nitrogens with zero attached hydrogens (tertiary/aromatic N) is 2. The Morgan fingerprint density at radius 3 is 2.93 bits per heavy atom. The van der Waals surface area contributed by atoms with E-state index in [0.717, 1.165) is 25.3 Å². The largest absolute Gasteiger partial charge is 0.371 e. The van der Waals surface area contributed by atoms with Crippen LogP contribution in [0.1, 0.15) is 25.5 Å². The van der Waals surface area contributed by atoms with Gasteiger partial charge in [0.25, 0.3) is 0 Å². The van der Waals surface area contributed by atoms with Crippen LogP contribution in [0.25, 0.3) is 0 Å². The van der Waals surface area contributed by atoms with Crippen LogP contribution in [-0.4, -0.2) is 41.8 Å². The van der Waals surface area contributed by atoms with Crippen molar-refractivity contribution in [3.8, 4) is 0 Å². The number of rotatable bonds is 1. The minimum Gasteiger partial charge on any atom is -0.371 e. The molecule has 1 atom stereocenters. The normalized spacial score (nSPS) is 22.6. The van der Waals surface area contributed by atoms with Crippen LogP contribution in [0, 0.1) is 0 Å². The zero-order valence-electron chi connectivity index (χ0n) is 9.16. The van der Waals surface area contributed by atoms with Crippen molar-refractivity contribution in [2.24, 2.45) is 0 Å². The van der Waals surface area contributed by atoms with Crippen LogP contribution in [0.15, 0.2) is 12.4 Å². The third-order valence-electron chi connectivity index (χ3n) is 2.16. The zero-order valence-corrected chi connectivity index (χ0v) is 9.16. The molecule has 1 aliphatic rings. The fourth-order valence-electron chi connectivity index (χ4n) is 1.42. The highest BCUT2D eigenvalue weighted by molar-refractivity contribution is 5.08. The third kappa shape index (κ3) is 2.82. The van der Waals surface area contributed by atoms with Crippen molar-refractivity contribution < 1.29 is 4.74 Å². The van der Waals surface area contributed by atoms with Gasteiger partial charge in [0.2, 0.25) is 0 Å². The molecule has 0 aliphatic carbocycles. The van der Waals surface area contributed by atoms with Crippen molar-refractivity contribution in [1.29, 1.82) is 0 Å². The molecule has 1 aromatic rings. The molecule has 4 heteroatoms. The molecule has 14 heavy (non-hydrogen) atoms. The van der Waals surface area contributed by atoms with Crippen molar-refractivity contribution in [3.63, 3.8) is 0 Å². The summed E-state index contributed by atoms with van der Waals surface area (Å²) in [6, 6.07) is 0. The number of hydrogen-bond acceptors (Lipinski definition) is 3. The second-order valence-corrected chi connectivity index (χ2v) is 3.15. The molecule has 0 aromatic carbocycles.